The summed E-state index contributed by atoms with van der Waals surface area (Å²) in [4.78, 5) is -0.149. The molecule has 6 aromatic rings. The molecule has 0 aliphatic carbocycles. The summed E-state index contributed by atoms with van der Waals surface area (Å²) in [5, 5.41) is 6.27. The molecule has 0 atom stereocenters. The van der Waals surface area contributed by atoms with Gasteiger partial charge in [0.2, 0.25) is 0 Å². The molecule has 0 aromatic heterocycles. The minimum Gasteiger partial charge on any atom is 0 e. The Kier molecular flexibility index (Phi) is 37.6. The maximum atomic E-state index is 11.4. The first-order valence-electron chi connectivity index (χ1n) is 15.3. The summed E-state index contributed by atoms with van der Waals surface area (Å²) < 4.78 is 109. The largest absolute Gasteiger partial charge is 0 e. The quantitative estimate of drug-likeness (QED) is 0.0907. The van der Waals surface area contributed by atoms with E-state index in [1.807, 2.05) is 133 Å². The molecule has 0 amide bonds. The molecule has 0 spiro atoms. The van der Waals surface area contributed by atoms with Gasteiger partial charge in [0.1, 0.15) is 0 Å². The summed E-state index contributed by atoms with van der Waals surface area (Å²) >= 11 is 0. The molecular weight excluding hydrogens is 940 g/mol. The third-order valence-corrected chi connectivity index (χ3v) is 13.4. The molecule has 0 aliphatic heterocycles. The number of hydrogen-bond donors (Lipinski definition) is 2. The molecule has 2 radical (unpaired) electrons. The van der Waals surface area contributed by atoms with E-state index in [-0.39, 0.29) is 43.3 Å². The SMILES string of the molecule is O=S(=O)(O)c1cccc(P(c2ccccc2)c2ccccc2)c1.O=S(=O)(O)c1cccc(P(c2ccccc2)c2ccccc2)c1.[C-]#[O+].[C-]#[O+].[C-]#[O+].[C-]#[O+].[C-]#[O+].[C-]#[O+].[Co].[Co]. The van der Waals surface area contributed by atoms with Gasteiger partial charge in [-0.25, -0.2) is 0 Å². The van der Waals surface area contributed by atoms with Crippen LogP contribution in [0.1, 0.15) is 0 Å². The van der Waals surface area contributed by atoms with Crippen molar-refractivity contribution in [3.63, 3.8) is 0 Å². The van der Waals surface area contributed by atoms with E-state index in [2.05, 4.69) is 39.9 Å². The summed E-state index contributed by atoms with van der Waals surface area (Å²) in [6.07, 6.45) is 0. The molecule has 0 saturated heterocycles. The third-order valence-electron chi connectivity index (χ3n) is 6.80. The standard InChI is InChI=1S/2C18H15O3PS.6CO.2Co/c2*19-23(20,21)18-13-7-12-17(14-18)22(15-8-3-1-4-9-15)16-10-5-2-6-11-16;6*1-2;;/h2*1-14H,(H,19,20,21);;;;;;;;. The van der Waals surface area contributed by atoms with E-state index in [4.69, 9.17) is 27.9 Å². The summed E-state index contributed by atoms with van der Waals surface area (Å²) in [6, 6.07) is 53.0. The van der Waals surface area contributed by atoms with Crippen LogP contribution in [0.3, 0.4) is 0 Å². The van der Waals surface area contributed by atoms with Gasteiger partial charge in [-0.15, -0.1) is 0 Å². The molecule has 0 unspecified atom stereocenters. The van der Waals surface area contributed by atoms with Crippen LogP contribution in [-0.2, 0) is 81.7 Å². The van der Waals surface area contributed by atoms with Crippen LogP contribution in [0.15, 0.2) is 180 Å². The van der Waals surface area contributed by atoms with Crippen molar-refractivity contribution in [1.82, 2.24) is 0 Å². The molecule has 0 fully saturated rings. The molecular formula is C42H30Co2O12P2S2. The van der Waals surface area contributed by atoms with Crippen LogP contribution in [0.5, 0.6) is 0 Å². The van der Waals surface area contributed by atoms with Gasteiger partial charge in [-0.1, -0.05) is 146 Å². The van der Waals surface area contributed by atoms with Crippen molar-refractivity contribution in [3.8, 4) is 0 Å². The molecule has 6 aromatic carbocycles. The van der Waals surface area contributed by atoms with E-state index < -0.39 is 36.1 Å². The van der Waals surface area contributed by atoms with Crippen LogP contribution < -0.4 is 31.8 Å². The van der Waals surface area contributed by atoms with E-state index in [9.17, 15) is 25.9 Å². The molecule has 0 aliphatic rings. The Labute approximate surface area is 372 Å². The van der Waals surface area contributed by atoms with Crippen LogP contribution in [0.2, 0.25) is 0 Å². The van der Waals surface area contributed by atoms with Crippen LogP contribution in [0.4, 0.5) is 0 Å². The summed E-state index contributed by atoms with van der Waals surface area (Å²) in [5.74, 6) is 0. The first-order valence-corrected chi connectivity index (χ1v) is 20.9. The van der Waals surface area contributed by atoms with Crippen LogP contribution >= 0.6 is 15.8 Å². The fourth-order valence-electron chi connectivity index (χ4n) is 4.77. The zero-order valence-corrected chi connectivity index (χ0v) is 36.0. The third kappa shape index (κ3) is 21.1. The average molecular weight is 971 g/mol. The summed E-state index contributed by atoms with van der Waals surface area (Å²) in [7, 11) is -10.2. The second-order valence-electron chi connectivity index (χ2n) is 9.96. The van der Waals surface area contributed by atoms with Crippen molar-refractivity contribution < 1.29 is 87.4 Å². The number of benzene rings is 6. The molecule has 2 N–H and O–H groups in total. The van der Waals surface area contributed by atoms with Gasteiger partial charge in [0.25, 0.3) is 20.2 Å². The van der Waals surface area contributed by atoms with E-state index in [0.29, 0.717) is 0 Å². The molecule has 6 rings (SSSR count). The Morgan fingerprint density at radius 1 is 0.317 bits per heavy atom. The van der Waals surface area contributed by atoms with Gasteiger partial charge >= 0.3 is 67.8 Å². The monoisotopic (exact) mass is 970 g/mol. The number of rotatable bonds is 8. The van der Waals surface area contributed by atoms with E-state index in [1.165, 1.54) is 12.1 Å². The Hall–Kier alpha value is -4.55. The predicted octanol–water partition coefficient (Wildman–Crippen LogP) is 5.15. The molecule has 0 heterocycles. The van der Waals surface area contributed by atoms with Gasteiger partial charge in [-0.2, -0.15) is 16.8 Å². The van der Waals surface area contributed by atoms with Crippen molar-refractivity contribution in [1.29, 1.82) is 0 Å². The van der Waals surface area contributed by atoms with E-state index in [1.54, 1.807) is 24.3 Å². The van der Waals surface area contributed by atoms with Crippen LogP contribution in [0, 0.1) is 39.9 Å². The Morgan fingerprint density at radius 3 is 0.683 bits per heavy atom. The van der Waals surface area contributed by atoms with Gasteiger partial charge in [0, 0.05) is 33.6 Å². The molecule has 12 nitrogen and oxygen atoms in total. The second-order valence-corrected chi connectivity index (χ2v) is 17.2. The maximum Gasteiger partial charge on any atom is 0 e. The van der Waals surface area contributed by atoms with Crippen molar-refractivity contribution >= 4 is 67.9 Å². The molecule has 0 saturated carbocycles. The summed E-state index contributed by atoms with van der Waals surface area (Å²) in [5.41, 5.74) is 0. The Morgan fingerprint density at radius 2 is 0.500 bits per heavy atom. The van der Waals surface area contributed by atoms with Gasteiger partial charge in [0.05, 0.1) is 9.79 Å². The molecule has 310 valence electrons. The fraction of sp³-hybridized carbons (Fsp3) is 0. The predicted molar refractivity (Wildman–Crippen MR) is 214 cm³/mol. The minimum absolute atomic E-state index is 0. The second kappa shape index (κ2) is 36.3. The molecule has 0 bridgehead atoms. The van der Waals surface area contributed by atoms with Crippen molar-refractivity contribution in [2.75, 3.05) is 0 Å². The zero-order valence-electron chi connectivity index (χ0n) is 30.5. The zero-order chi connectivity index (χ0) is 44.6. The first-order chi connectivity index (χ1) is 28.1. The normalized spacial score (nSPS) is 9.07. The van der Waals surface area contributed by atoms with Gasteiger partial charge < -0.3 is 0 Å². The Bertz CT molecular complexity index is 2140. The van der Waals surface area contributed by atoms with Crippen LogP contribution in [-0.4, -0.2) is 25.9 Å². The van der Waals surface area contributed by atoms with Crippen molar-refractivity contribution in [2.24, 2.45) is 0 Å². The average Bonchev–Trinajstić information content (AvgIpc) is 3.29. The van der Waals surface area contributed by atoms with Gasteiger partial charge in [-0.05, 0) is 71.9 Å². The Balaban J connectivity index is -0.000000407. The van der Waals surface area contributed by atoms with Gasteiger partial charge in [0.15, 0.2) is 0 Å². The topological polar surface area (TPSA) is 228 Å². The summed E-state index contributed by atoms with van der Waals surface area (Å²) in [6.45, 7) is 27.0. The molecule has 60 heavy (non-hydrogen) atoms. The number of hydrogen-bond acceptors (Lipinski definition) is 4. The minimum atomic E-state index is -4.21. The van der Waals surface area contributed by atoms with Crippen molar-refractivity contribution in [3.05, 3.63) is 210 Å². The smallest absolute Gasteiger partial charge is 0 e. The molecule has 18 heteroatoms. The van der Waals surface area contributed by atoms with E-state index >= 15 is 0 Å². The fourth-order valence-corrected chi connectivity index (χ4v) is 10.7. The maximum absolute atomic E-state index is 11.4. The van der Waals surface area contributed by atoms with Crippen molar-refractivity contribution in [2.45, 2.75) is 9.79 Å². The van der Waals surface area contributed by atoms with Gasteiger partial charge in [-0.3, -0.25) is 9.11 Å². The van der Waals surface area contributed by atoms with E-state index in [0.717, 1.165) is 31.8 Å². The first kappa shape index (κ1) is 62.1. The van der Waals surface area contributed by atoms with Crippen LogP contribution in [0.25, 0.3) is 0 Å².